The minimum Gasteiger partial charge on any atom is -0.460 e. The number of nitrogens with zero attached hydrogens (tertiary/aromatic N) is 3. The van der Waals surface area contributed by atoms with E-state index in [1.807, 2.05) is 0 Å². The standard InChI is InChI=1S/C72H89FN8O20/c1-6-72(95)51-38-56-67-49(41-81(56)69(93)50(51)42-100-70(72)94)66-53(16-15-48-43(2)52(73)39-55(79-67)65(48)66)77-60(87)13-10-24-74-58(85)19-17-57(84)54(35-44-11-8-7-9-12-44)78-61(88)18-14-47(83)40-76-68(92)45(37-64(91)101-71(3,4)5)36-46(82)23-27-96-29-31-98-33-34-99-32-30-97-28-25-75-59(86)22-26-80-62(89)20-21-63(80)90/h7-9,11-12,20-21,38-39,45,53-54,95H,6,10,13-19,22-37,40-42H2,1-5H3,(H,74,85)(H,75,86)(H,76,92)(H,77,87)(H,78,88)/t45-,53-,54-,72-/m0/s1. The van der Waals surface area contributed by atoms with Gasteiger partial charge in [0.15, 0.2) is 17.2 Å². The number of ether oxygens (including phenoxy) is 6. The molecule has 0 saturated heterocycles. The zero-order valence-electron chi connectivity index (χ0n) is 57.7. The van der Waals surface area contributed by atoms with E-state index in [0.717, 1.165) is 22.6 Å². The number of aliphatic hydroxyl groups is 1. The number of nitrogens with one attached hydrogen (secondary N) is 5. The monoisotopic (exact) mass is 1400 g/mol. The molecule has 29 heteroatoms. The molecule has 2 aromatic carbocycles. The summed E-state index contributed by atoms with van der Waals surface area (Å²) in [5, 5.41) is 25.8. The number of esters is 2. The van der Waals surface area contributed by atoms with Gasteiger partial charge in [0.2, 0.25) is 29.5 Å². The van der Waals surface area contributed by atoms with Crippen LogP contribution in [0.5, 0.6) is 0 Å². The summed E-state index contributed by atoms with van der Waals surface area (Å²) in [7, 11) is 0. The summed E-state index contributed by atoms with van der Waals surface area (Å²) in [5.74, 6) is -8.06. The second-order valence-electron chi connectivity index (χ2n) is 26.1. The summed E-state index contributed by atoms with van der Waals surface area (Å²) in [4.78, 5) is 174. The number of aromatic nitrogens is 2. The highest BCUT2D eigenvalue weighted by molar-refractivity contribution is 6.13. The van der Waals surface area contributed by atoms with Crippen LogP contribution < -0.4 is 32.1 Å². The molecule has 28 nitrogen and oxygen atoms in total. The number of halogens is 1. The van der Waals surface area contributed by atoms with Gasteiger partial charge < -0.3 is 64.7 Å². The zero-order valence-corrected chi connectivity index (χ0v) is 57.7. The van der Waals surface area contributed by atoms with Crippen molar-refractivity contribution in [2.24, 2.45) is 5.92 Å². The van der Waals surface area contributed by atoms with Crippen molar-refractivity contribution in [1.82, 2.24) is 41.0 Å². The number of hydrogen-bond acceptors (Lipinski definition) is 21. The van der Waals surface area contributed by atoms with Crippen LogP contribution in [0.2, 0.25) is 0 Å². The Morgan fingerprint density at radius 1 is 0.733 bits per heavy atom. The number of carbonyl (C=O) groups is 12. The summed E-state index contributed by atoms with van der Waals surface area (Å²) in [6, 6.07) is 10.1. The molecule has 3 aliphatic heterocycles. The molecule has 8 rings (SSSR count). The van der Waals surface area contributed by atoms with E-state index in [4.69, 9.17) is 33.4 Å². The van der Waals surface area contributed by atoms with Crippen molar-refractivity contribution >= 4 is 81.5 Å². The molecule has 1 aliphatic carbocycles. The third kappa shape index (κ3) is 21.4. The van der Waals surface area contributed by atoms with E-state index in [9.17, 15) is 67.4 Å². The Kier molecular flexibility index (Phi) is 27.9. The molecule has 0 bridgehead atoms. The van der Waals surface area contributed by atoms with Crippen LogP contribution in [0.4, 0.5) is 4.39 Å². The number of cyclic esters (lactones) is 1. The molecule has 5 heterocycles. The lowest BCUT2D eigenvalue weighted by Gasteiger charge is -2.31. The molecule has 101 heavy (non-hydrogen) atoms. The number of ketones is 3. The Balaban J connectivity index is 0.726. The minimum atomic E-state index is -2.06. The Morgan fingerprint density at radius 3 is 2.07 bits per heavy atom. The zero-order chi connectivity index (χ0) is 73.0. The molecule has 2 aromatic heterocycles. The number of aryl methyl sites for hydroxylation is 1. The lowest BCUT2D eigenvalue weighted by molar-refractivity contribution is -0.172. The fourth-order valence-electron chi connectivity index (χ4n) is 12.4. The van der Waals surface area contributed by atoms with Crippen LogP contribution in [0.1, 0.15) is 150 Å². The SMILES string of the molecule is CC[C@@]1(O)C(=O)OCc2c1cc1n(c2=O)Cc2c-1nc1cc(F)c(C)c3c1c2[C@@H](NC(=O)CCCNC(=O)CCC(=O)[C@H](Cc1ccccc1)NC(=O)CCC(=O)CNC(=O)[C@@H](CC(=O)CCOCCOCCOCCOCCNC(=O)CCN1C(=O)C=CC1=O)CC(=O)OC(C)(C)C)CC3. The second kappa shape index (κ2) is 36.4. The Hall–Kier alpha value is -9.29. The van der Waals surface area contributed by atoms with Gasteiger partial charge in [-0.3, -0.25) is 62.4 Å². The van der Waals surface area contributed by atoms with Gasteiger partial charge in [0.05, 0.1) is 113 Å². The first-order valence-electron chi connectivity index (χ1n) is 34.1. The lowest BCUT2D eigenvalue weighted by Crippen LogP contribution is -2.44. The topological polar surface area (TPSA) is 379 Å². The Bertz CT molecular complexity index is 3870. The first-order chi connectivity index (χ1) is 48.2. The molecule has 544 valence electrons. The third-order valence-corrected chi connectivity index (χ3v) is 17.7. The van der Waals surface area contributed by atoms with Crippen molar-refractivity contribution in [3.63, 3.8) is 0 Å². The number of Topliss-reactive ketones (excluding diaryl/α,β-unsaturated/α-hetero) is 3. The van der Waals surface area contributed by atoms with Gasteiger partial charge >= 0.3 is 11.9 Å². The van der Waals surface area contributed by atoms with Crippen LogP contribution in [0.15, 0.2) is 59.4 Å². The van der Waals surface area contributed by atoms with Gasteiger partial charge in [0.1, 0.15) is 23.8 Å². The molecule has 4 aliphatic rings. The number of amides is 7. The maximum atomic E-state index is 15.5. The lowest BCUT2D eigenvalue weighted by atomic mass is 9.81. The van der Waals surface area contributed by atoms with Crippen molar-refractivity contribution in [3.8, 4) is 11.4 Å². The van der Waals surface area contributed by atoms with Crippen LogP contribution in [0, 0.1) is 18.7 Å². The number of fused-ring (bicyclic) bond motifs is 5. The van der Waals surface area contributed by atoms with Crippen LogP contribution in [-0.4, -0.2) is 181 Å². The summed E-state index contributed by atoms with van der Waals surface area (Å²) < 4.78 is 49.5. The molecule has 0 spiro atoms. The van der Waals surface area contributed by atoms with Crippen LogP contribution in [0.25, 0.3) is 22.3 Å². The molecular weight excluding hydrogens is 1320 g/mol. The first kappa shape index (κ1) is 77.4. The van der Waals surface area contributed by atoms with E-state index >= 15 is 4.39 Å². The Labute approximate surface area is 582 Å². The fraction of sp³-hybridized carbons (Fsp3) is 0.528. The van der Waals surface area contributed by atoms with Crippen LogP contribution in [-0.2, 0) is 118 Å². The van der Waals surface area contributed by atoms with Crippen LogP contribution >= 0.6 is 0 Å². The van der Waals surface area contributed by atoms with Gasteiger partial charge in [-0.2, -0.15) is 0 Å². The van der Waals surface area contributed by atoms with Crippen molar-refractivity contribution in [2.45, 2.75) is 161 Å². The van der Waals surface area contributed by atoms with Crippen LogP contribution in [0.3, 0.4) is 0 Å². The van der Waals surface area contributed by atoms with Crippen molar-refractivity contribution in [3.05, 3.63) is 110 Å². The summed E-state index contributed by atoms with van der Waals surface area (Å²) >= 11 is 0. The van der Waals surface area contributed by atoms with Crippen molar-refractivity contribution in [2.75, 3.05) is 79.0 Å². The first-order valence-corrected chi connectivity index (χ1v) is 34.1. The molecule has 7 amide bonds. The highest BCUT2D eigenvalue weighted by Gasteiger charge is 2.46. The minimum absolute atomic E-state index is 0.000459. The normalized spacial score (nSPS) is 16.4. The van der Waals surface area contributed by atoms with Gasteiger partial charge in [-0.15, -0.1) is 0 Å². The van der Waals surface area contributed by atoms with E-state index in [0.29, 0.717) is 57.4 Å². The van der Waals surface area contributed by atoms with E-state index in [1.165, 1.54) is 10.6 Å². The molecule has 0 fully saturated rings. The largest absolute Gasteiger partial charge is 0.460 e. The summed E-state index contributed by atoms with van der Waals surface area (Å²) in [6.45, 7) is 9.43. The van der Waals surface area contributed by atoms with Gasteiger partial charge in [-0.25, -0.2) is 14.2 Å². The van der Waals surface area contributed by atoms with E-state index < -0.39 is 107 Å². The maximum absolute atomic E-state index is 15.5. The molecular formula is C72H89FN8O20. The van der Waals surface area contributed by atoms with E-state index in [-0.39, 0.29) is 185 Å². The van der Waals surface area contributed by atoms with Crippen molar-refractivity contribution in [1.29, 1.82) is 0 Å². The molecule has 0 radical (unpaired) electrons. The third-order valence-electron chi connectivity index (χ3n) is 17.7. The smallest absolute Gasteiger partial charge is 0.343 e. The number of hydrogen-bond donors (Lipinski definition) is 6. The quantitative estimate of drug-likeness (QED) is 0.0186. The molecule has 0 saturated carbocycles. The highest BCUT2D eigenvalue weighted by atomic mass is 19.1. The maximum Gasteiger partial charge on any atom is 0.343 e. The van der Waals surface area contributed by atoms with Gasteiger partial charge in [-0.1, -0.05) is 37.3 Å². The van der Waals surface area contributed by atoms with Crippen molar-refractivity contribution < 1.29 is 95.5 Å². The average molecular weight is 1410 g/mol. The van der Waals surface area contributed by atoms with E-state index in [1.54, 1.807) is 71.0 Å². The molecule has 4 aromatic rings. The highest BCUT2D eigenvalue weighted by Crippen LogP contribution is 2.46. The van der Waals surface area contributed by atoms with Gasteiger partial charge in [-0.05, 0) is 88.1 Å². The number of imide groups is 1. The predicted octanol–water partition coefficient (Wildman–Crippen LogP) is 3.26. The predicted molar refractivity (Wildman–Crippen MR) is 359 cm³/mol. The number of rotatable bonds is 41. The number of benzene rings is 2. The average Bonchev–Trinajstić information content (AvgIpc) is 1.61. The van der Waals surface area contributed by atoms with Gasteiger partial charge in [0, 0.05) is 106 Å². The summed E-state index contributed by atoms with van der Waals surface area (Å²) in [6.07, 6.45) is 1.29. The second-order valence-corrected chi connectivity index (χ2v) is 26.1. The molecule has 4 atom stereocenters. The van der Waals surface area contributed by atoms with E-state index in [2.05, 4.69) is 26.6 Å². The number of pyridine rings is 2. The molecule has 6 N–H and O–H groups in total. The summed E-state index contributed by atoms with van der Waals surface area (Å²) in [5.41, 5.74) is 1.16. The number of carbonyl (C=O) groups excluding carboxylic acids is 12. The van der Waals surface area contributed by atoms with Gasteiger partial charge in [0.25, 0.3) is 17.4 Å². The Morgan fingerprint density at radius 2 is 1.39 bits per heavy atom. The molecule has 0 unspecified atom stereocenters. The fourth-order valence-corrected chi connectivity index (χ4v) is 12.4.